The van der Waals surface area contributed by atoms with E-state index in [0.717, 1.165) is 16.0 Å². The zero-order chi connectivity index (χ0) is 29.6. The number of carboxylic acid groups (broad SMARTS) is 1. The zero-order valence-corrected chi connectivity index (χ0v) is 25.1. The third kappa shape index (κ3) is 8.25. The first-order valence-electron chi connectivity index (χ1n) is 13.8. The Labute approximate surface area is 265 Å². The molecule has 0 unspecified atom stereocenters. The number of nitrogens with one attached hydrogen (secondary N) is 2. The number of anilines is 2. The molecule has 0 spiro atoms. The summed E-state index contributed by atoms with van der Waals surface area (Å²) in [6.45, 7) is 0.295. The molecule has 1 aliphatic rings. The van der Waals surface area contributed by atoms with Crippen LogP contribution in [0.1, 0.15) is 73.4 Å². The second-order valence-electron chi connectivity index (χ2n) is 10.3. The smallest absolute Gasteiger partial charge is 0.328 e. The normalized spacial score (nSPS) is 13.3. The van der Waals surface area contributed by atoms with E-state index in [4.69, 9.17) is 28.3 Å². The number of carbonyl (C=O) groups is 3. The SMILES string of the molecule is C.O=C(O)CCNC(=O)c1ccc(CN(C(=O)Nc2nc3cc(Cl)c(Cl)cc3s2)c2ccc(C3CCCCC3)cc2)cc1. The van der Waals surface area contributed by atoms with Gasteiger partial charge >= 0.3 is 12.0 Å². The molecule has 43 heavy (non-hydrogen) atoms. The van der Waals surface area contributed by atoms with E-state index in [2.05, 4.69) is 27.8 Å². The van der Waals surface area contributed by atoms with Crippen molar-refractivity contribution in [2.75, 3.05) is 16.8 Å². The molecule has 5 rings (SSSR count). The Balaban J connectivity index is 0.00000423. The summed E-state index contributed by atoms with van der Waals surface area (Å²) in [6, 6.07) is 18.1. The number of hydrogen-bond donors (Lipinski definition) is 3. The van der Waals surface area contributed by atoms with Crippen LogP contribution in [0.4, 0.5) is 15.6 Å². The van der Waals surface area contributed by atoms with Gasteiger partial charge in [-0.25, -0.2) is 9.78 Å². The quantitative estimate of drug-likeness (QED) is 0.169. The van der Waals surface area contributed by atoms with Crippen LogP contribution in [0.5, 0.6) is 0 Å². The molecular weight excluding hydrogens is 607 g/mol. The van der Waals surface area contributed by atoms with E-state index in [9.17, 15) is 14.4 Å². The van der Waals surface area contributed by atoms with Gasteiger partial charge in [0.05, 0.1) is 33.2 Å². The lowest BCUT2D eigenvalue weighted by Gasteiger charge is -2.25. The zero-order valence-electron chi connectivity index (χ0n) is 22.7. The van der Waals surface area contributed by atoms with Crippen molar-refractivity contribution < 1.29 is 19.5 Å². The van der Waals surface area contributed by atoms with Crippen molar-refractivity contribution in [2.24, 2.45) is 0 Å². The van der Waals surface area contributed by atoms with Crippen LogP contribution in [0, 0.1) is 0 Å². The van der Waals surface area contributed by atoms with E-state index < -0.39 is 5.97 Å². The number of urea groups is 1. The van der Waals surface area contributed by atoms with E-state index in [1.807, 2.05) is 12.1 Å². The summed E-state index contributed by atoms with van der Waals surface area (Å²) in [4.78, 5) is 42.9. The number of carboxylic acids is 1. The molecular formula is C32H34Cl2N4O4S. The first kappa shape index (κ1) is 32.3. The van der Waals surface area contributed by atoms with Gasteiger partial charge in [-0.05, 0) is 66.3 Å². The van der Waals surface area contributed by atoms with E-state index in [1.54, 1.807) is 41.3 Å². The summed E-state index contributed by atoms with van der Waals surface area (Å²) in [5.41, 5.74) is 3.88. The molecule has 8 nitrogen and oxygen atoms in total. The fraction of sp³-hybridized carbons (Fsp3) is 0.312. The largest absolute Gasteiger partial charge is 0.481 e. The maximum Gasteiger partial charge on any atom is 0.328 e. The molecule has 1 aromatic heterocycles. The number of fused-ring (bicyclic) bond motifs is 1. The van der Waals surface area contributed by atoms with Crippen LogP contribution in [-0.4, -0.2) is 34.5 Å². The van der Waals surface area contributed by atoms with Gasteiger partial charge in [0.15, 0.2) is 5.13 Å². The average molecular weight is 642 g/mol. The van der Waals surface area contributed by atoms with Gasteiger partial charge in [-0.15, -0.1) is 0 Å². The highest BCUT2D eigenvalue weighted by Gasteiger charge is 2.21. The molecule has 1 heterocycles. The maximum atomic E-state index is 13.7. The van der Waals surface area contributed by atoms with Crippen molar-refractivity contribution in [3.05, 3.63) is 87.4 Å². The lowest BCUT2D eigenvalue weighted by molar-refractivity contribution is -0.136. The van der Waals surface area contributed by atoms with Gasteiger partial charge in [-0.2, -0.15) is 0 Å². The van der Waals surface area contributed by atoms with Crippen LogP contribution >= 0.6 is 34.5 Å². The first-order valence-corrected chi connectivity index (χ1v) is 15.4. The molecule has 3 amide bonds. The fourth-order valence-electron chi connectivity index (χ4n) is 5.11. The number of amides is 3. The van der Waals surface area contributed by atoms with Crippen molar-refractivity contribution in [3.8, 4) is 0 Å². The highest BCUT2D eigenvalue weighted by Crippen LogP contribution is 2.35. The predicted octanol–water partition coefficient (Wildman–Crippen LogP) is 8.73. The number of halogens is 2. The van der Waals surface area contributed by atoms with Gasteiger partial charge in [0, 0.05) is 17.8 Å². The van der Waals surface area contributed by atoms with Crippen LogP contribution in [-0.2, 0) is 11.3 Å². The third-order valence-corrected chi connectivity index (χ3v) is 9.01. The van der Waals surface area contributed by atoms with E-state index in [0.29, 0.717) is 32.2 Å². The summed E-state index contributed by atoms with van der Waals surface area (Å²) in [7, 11) is 0. The molecule has 11 heteroatoms. The highest BCUT2D eigenvalue weighted by molar-refractivity contribution is 7.22. The lowest BCUT2D eigenvalue weighted by Crippen LogP contribution is -2.34. The number of carbonyl (C=O) groups excluding carboxylic acids is 2. The average Bonchev–Trinajstić information content (AvgIpc) is 3.37. The third-order valence-electron chi connectivity index (χ3n) is 7.35. The molecule has 3 aromatic carbocycles. The Morgan fingerprint density at radius 2 is 1.63 bits per heavy atom. The van der Waals surface area contributed by atoms with Crippen molar-refractivity contribution in [1.29, 1.82) is 0 Å². The number of aliphatic carboxylic acids is 1. The fourth-order valence-corrected chi connectivity index (χ4v) is 6.37. The minimum absolute atomic E-state index is 0. The number of rotatable bonds is 9. The molecule has 0 saturated heterocycles. The topological polar surface area (TPSA) is 112 Å². The van der Waals surface area contributed by atoms with Crippen LogP contribution < -0.4 is 15.5 Å². The molecule has 0 aliphatic heterocycles. The summed E-state index contributed by atoms with van der Waals surface area (Å²) >= 11 is 13.6. The Morgan fingerprint density at radius 3 is 2.30 bits per heavy atom. The standard InChI is InChI=1S/C31H30Cl2N4O4S.CH4/c32-24-16-26-27(17-25(24)33)42-30(35-26)36-31(41)37(23-12-10-21(11-13-23)20-4-2-1-3-5-20)18-19-6-8-22(9-7-19)29(40)34-15-14-28(38)39;/h6-13,16-17,20H,1-5,14-15,18H2,(H,34,40)(H,38,39)(H,35,36,41);1H4. The minimum Gasteiger partial charge on any atom is -0.481 e. The number of benzene rings is 3. The van der Waals surface area contributed by atoms with E-state index in [-0.39, 0.29) is 38.9 Å². The van der Waals surface area contributed by atoms with Gasteiger partial charge < -0.3 is 10.4 Å². The second kappa shape index (κ2) is 14.7. The van der Waals surface area contributed by atoms with Crippen LogP contribution in [0.25, 0.3) is 10.2 Å². The summed E-state index contributed by atoms with van der Waals surface area (Å²) in [5, 5.41) is 15.5. The molecule has 1 saturated carbocycles. The number of hydrogen-bond acceptors (Lipinski definition) is 5. The minimum atomic E-state index is -0.978. The Hall–Kier alpha value is -3.66. The summed E-state index contributed by atoms with van der Waals surface area (Å²) < 4.78 is 0.806. The van der Waals surface area contributed by atoms with Gasteiger partial charge in [0.2, 0.25) is 0 Å². The number of aromatic nitrogens is 1. The number of nitrogens with zero attached hydrogens (tertiary/aromatic N) is 2. The van der Waals surface area contributed by atoms with Crippen LogP contribution in [0.3, 0.4) is 0 Å². The molecule has 4 aromatic rings. The Morgan fingerprint density at radius 1 is 0.953 bits per heavy atom. The Bertz CT molecular complexity index is 1550. The molecule has 0 atom stereocenters. The van der Waals surface area contributed by atoms with E-state index in [1.165, 1.54) is 49.0 Å². The molecule has 0 bridgehead atoms. The molecule has 3 N–H and O–H groups in total. The monoisotopic (exact) mass is 640 g/mol. The molecule has 1 aliphatic carbocycles. The van der Waals surface area contributed by atoms with E-state index >= 15 is 0 Å². The Kier molecular flexibility index (Phi) is 11.0. The number of thiazole rings is 1. The van der Waals surface area contributed by atoms with Crippen molar-refractivity contribution in [3.63, 3.8) is 0 Å². The summed E-state index contributed by atoms with van der Waals surface area (Å²) in [6.07, 6.45) is 5.99. The van der Waals surface area contributed by atoms with Gasteiger partial charge in [-0.1, -0.05) is 85.5 Å². The summed E-state index contributed by atoms with van der Waals surface area (Å²) in [5.74, 6) is -0.786. The van der Waals surface area contributed by atoms with Gasteiger partial charge in [-0.3, -0.25) is 19.8 Å². The first-order chi connectivity index (χ1) is 20.3. The molecule has 1 fully saturated rings. The second-order valence-corrected chi connectivity index (χ2v) is 12.1. The maximum absolute atomic E-state index is 13.7. The van der Waals surface area contributed by atoms with Gasteiger partial charge in [0.1, 0.15) is 0 Å². The molecule has 226 valence electrons. The van der Waals surface area contributed by atoms with Crippen molar-refractivity contribution in [2.45, 2.75) is 58.4 Å². The predicted molar refractivity (Wildman–Crippen MR) is 175 cm³/mol. The van der Waals surface area contributed by atoms with Crippen molar-refractivity contribution in [1.82, 2.24) is 10.3 Å². The van der Waals surface area contributed by atoms with Crippen molar-refractivity contribution >= 4 is 73.5 Å². The van der Waals surface area contributed by atoms with Crippen LogP contribution in [0.15, 0.2) is 60.7 Å². The van der Waals surface area contributed by atoms with Crippen LogP contribution in [0.2, 0.25) is 10.0 Å². The van der Waals surface area contributed by atoms with Gasteiger partial charge in [0.25, 0.3) is 5.91 Å². The highest BCUT2D eigenvalue weighted by atomic mass is 35.5. The lowest BCUT2D eigenvalue weighted by atomic mass is 9.84. The molecule has 0 radical (unpaired) electrons.